The third-order valence-electron chi connectivity index (χ3n) is 3.78. The molecule has 1 aliphatic carbocycles. The van der Waals surface area contributed by atoms with Crippen LogP contribution in [0.5, 0.6) is 0 Å². The minimum absolute atomic E-state index is 0.0846. The molecule has 0 aromatic carbocycles. The highest BCUT2D eigenvalue weighted by atomic mass is 16.5. The maximum absolute atomic E-state index is 12.3. The van der Waals surface area contributed by atoms with Crippen molar-refractivity contribution in [3.8, 4) is 0 Å². The zero-order valence-corrected chi connectivity index (χ0v) is 12.7. The van der Waals surface area contributed by atoms with E-state index in [1.165, 1.54) is 0 Å². The topological polar surface area (TPSA) is 75.4 Å². The van der Waals surface area contributed by atoms with E-state index in [-0.39, 0.29) is 24.3 Å². The fourth-order valence-electron chi connectivity index (χ4n) is 2.31. The molecule has 2 amide bonds. The molecule has 1 aromatic heterocycles. The summed E-state index contributed by atoms with van der Waals surface area (Å²) in [6.07, 6.45) is 4.92. The number of aromatic nitrogens is 1. The summed E-state index contributed by atoms with van der Waals surface area (Å²) in [7, 11) is 0. The lowest BCUT2D eigenvalue weighted by Gasteiger charge is -2.31. The van der Waals surface area contributed by atoms with Crippen molar-refractivity contribution in [1.29, 1.82) is 0 Å². The molecular weight excluding hydrogens is 270 g/mol. The van der Waals surface area contributed by atoms with Gasteiger partial charge in [0.2, 0.25) is 11.8 Å². The second kappa shape index (κ2) is 7.24. The van der Waals surface area contributed by atoms with Crippen molar-refractivity contribution in [1.82, 2.24) is 10.1 Å². The molecule has 0 radical (unpaired) electrons. The summed E-state index contributed by atoms with van der Waals surface area (Å²) >= 11 is 0. The molecule has 1 heterocycles. The Kier molecular flexibility index (Phi) is 5.36. The zero-order valence-electron chi connectivity index (χ0n) is 12.7. The molecule has 1 saturated carbocycles. The minimum atomic E-state index is -0.230. The smallest absolute Gasteiger partial charge is 0.245 e. The van der Waals surface area contributed by atoms with Gasteiger partial charge in [0, 0.05) is 18.5 Å². The van der Waals surface area contributed by atoms with E-state index in [1.54, 1.807) is 17.9 Å². The summed E-state index contributed by atoms with van der Waals surface area (Å²) in [5.41, 5.74) is 0. The summed E-state index contributed by atoms with van der Waals surface area (Å²) in [5.74, 6) is 1.03. The van der Waals surface area contributed by atoms with Crippen LogP contribution in [0.25, 0.3) is 0 Å². The Labute approximate surface area is 124 Å². The van der Waals surface area contributed by atoms with E-state index in [0.29, 0.717) is 18.1 Å². The van der Waals surface area contributed by atoms with E-state index in [4.69, 9.17) is 4.52 Å². The number of rotatable bonds is 7. The highest BCUT2D eigenvalue weighted by Crippen LogP contribution is 2.28. The van der Waals surface area contributed by atoms with E-state index in [9.17, 15) is 9.59 Å². The van der Waals surface area contributed by atoms with Gasteiger partial charge in [0.1, 0.15) is 5.76 Å². The number of aryl methyl sites for hydroxylation is 1. The molecule has 21 heavy (non-hydrogen) atoms. The van der Waals surface area contributed by atoms with Crippen LogP contribution >= 0.6 is 0 Å². The van der Waals surface area contributed by atoms with Crippen molar-refractivity contribution in [2.75, 3.05) is 18.4 Å². The first-order valence-corrected chi connectivity index (χ1v) is 7.62. The van der Waals surface area contributed by atoms with Crippen LogP contribution in [0.3, 0.4) is 0 Å². The standard InChI is InChI=1S/C15H23N3O3/c1-3-4-8-18(15(20)12-6-5-7-12)10-14(19)16-13-9-11(2)21-17-13/h9,12H,3-8,10H2,1-2H3,(H,16,17,19). The first kappa shape index (κ1) is 15.5. The van der Waals surface area contributed by atoms with Crippen LogP contribution in [0.1, 0.15) is 44.8 Å². The molecule has 0 saturated heterocycles. The fraction of sp³-hybridized carbons (Fsp3) is 0.667. The number of anilines is 1. The molecule has 0 aliphatic heterocycles. The van der Waals surface area contributed by atoms with Gasteiger partial charge in [-0.3, -0.25) is 9.59 Å². The Morgan fingerprint density at radius 1 is 1.48 bits per heavy atom. The van der Waals surface area contributed by atoms with Crippen molar-refractivity contribution in [3.05, 3.63) is 11.8 Å². The number of nitrogens with zero attached hydrogens (tertiary/aromatic N) is 2. The second-order valence-corrected chi connectivity index (χ2v) is 5.61. The van der Waals surface area contributed by atoms with Crippen LogP contribution in [0.15, 0.2) is 10.6 Å². The highest BCUT2D eigenvalue weighted by Gasteiger charge is 2.30. The van der Waals surface area contributed by atoms with Gasteiger partial charge in [-0.25, -0.2) is 0 Å². The molecule has 116 valence electrons. The fourth-order valence-corrected chi connectivity index (χ4v) is 2.31. The average molecular weight is 293 g/mol. The van der Waals surface area contributed by atoms with Gasteiger partial charge in [-0.1, -0.05) is 24.9 Å². The van der Waals surface area contributed by atoms with Crippen LogP contribution in [0.2, 0.25) is 0 Å². The summed E-state index contributed by atoms with van der Waals surface area (Å²) in [6, 6.07) is 1.65. The quantitative estimate of drug-likeness (QED) is 0.837. The molecule has 1 N–H and O–H groups in total. The number of carbonyl (C=O) groups excluding carboxylic acids is 2. The molecule has 0 spiro atoms. The van der Waals surface area contributed by atoms with Crippen LogP contribution in [-0.2, 0) is 9.59 Å². The number of amides is 2. The molecule has 0 atom stereocenters. The van der Waals surface area contributed by atoms with Gasteiger partial charge < -0.3 is 14.7 Å². The van der Waals surface area contributed by atoms with Gasteiger partial charge in [-0.15, -0.1) is 0 Å². The van der Waals surface area contributed by atoms with Crippen molar-refractivity contribution in [2.24, 2.45) is 5.92 Å². The van der Waals surface area contributed by atoms with Crippen LogP contribution in [0.4, 0.5) is 5.82 Å². The number of nitrogens with one attached hydrogen (secondary N) is 1. The lowest BCUT2D eigenvalue weighted by molar-refractivity contribution is -0.140. The second-order valence-electron chi connectivity index (χ2n) is 5.61. The Balaban J connectivity index is 1.90. The van der Waals surface area contributed by atoms with Gasteiger partial charge in [0.15, 0.2) is 5.82 Å². The van der Waals surface area contributed by atoms with Gasteiger partial charge in [-0.2, -0.15) is 0 Å². The number of hydrogen-bond donors (Lipinski definition) is 1. The molecule has 0 bridgehead atoms. The molecule has 6 heteroatoms. The number of hydrogen-bond acceptors (Lipinski definition) is 4. The first-order valence-electron chi connectivity index (χ1n) is 7.62. The maximum atomic E-state index is 12.3. The van der Waals surface area contributed by atoms with E-state index >= 15 is 0 Å². The summed E-state index contributed by atoms with van der Waals surface area (Å²) in [4.78, 5) is 26.1. The van der Waals surface area contributed by atoms with Crippen molar-refractivity contribution in [3.63, 3.8) is 0 Å². The average Bonchev–Trinajstić information content (AvgIpc) is 2.77. The normalized spacial score (nSPS) is 14.6. The first-order chi connectivity index (χ1) is 10.1. The lowest BCUT2D eigenvalue weighted by atomic mass is 9.84. The van der Waals surface area contributed by atoms with Gasteiger partial charge in [0.25, 0.3) is 0 Å². The van der Waals surface area contributed by atoms with E-state index in [0.717, 1.165) is 32.1 Å². The molecule has 2 rings (SSSR count). The van der Waals surface area contributed by atoms with Gasteiger partial charge >= 0.3 is 0 Å². The third-order valence-corrected chi connectivity index (χ3v) is 3.78. The highest BCUT2D eigenvalue weighted by molar-refractivity contribution is 5.94. The lowest BCUT2D eigenvalue weighted by Crippen LogP contribution is -2.43. The third kappa shape index (κ3) is 4.31. The number of carbonyl (C=O) groups is 2. The minimum Gasteiger partial charge on any atom is -0.360 e. The van der Waals surface area contributed by atoms with E-state index in [1.807, 2.05) is 0 Å². The Morgan fingerprint density at radius 2 is 2.24 bits per heavy atom. The van der Waals surface area contributed by atoms with Crippen molar-refractivity contribution in [2.45, 2.75) is 46.0 Å². The molecular formula is C15H23N3O3. The van der Waals surface area contributed by atoms with E-state index in [2.05, 4.69) is 17.4 Å². The summed E-state index contributed by atoms with van der Waals surface area (Å²) in [5, 5.41) is 6.38. The Morgan fingerprint density at radius 3 is 2.76 bits per heavy atom. The van der Waals surface area contributed by atoms with Crippen molar-refractivity contribution < 1.29 is 14.1 Å². The molecule has 1 aromatic rings. The van der Waals surface area contributed by atoms with E-state index < -0.39 is 0 Å². The maximum Gasteiger partial charge on any atom is 0.245 e. The number of unbranched alkanes of at least 4 members (excludes halogenated alkanes) is 1. The molecule has 0 unspecified atom stereocenters. The van der Waals surface area contributed by atoms with Gasteiger partial charge in [-0.05, 0) is 26.2 Å². The predicted molar refractivity (Wildman–Crippen MR) is 78.7 cm³/mol. The van der Waals surface area contributed by atoms with Crippen LogP contribution < -0.4 is 5.32 Å². The van der Waals surface area contributed by atoms with Crippen LogP contribution in [0, 0.1) is 12.8 Å². The Hall–Kier alpha value is -1.85. The predicted octanol–water partition coefficient (Wildman–Crippen LogP) is 2.35. The monoisotopic (exact) mass is 293 g/mol. The molecule has 1 aliphatic rings. The summed E-state index contributed by atoms with van der Waals surface area (Å²) in [6.45, 7) is 4.55. The summed E-state index contributed by atoms with van der Waals surface area (Å²) < 4.78 is 4.90. The van der Waals surface area contributed by atoms with Crippen molar-refractivity contribution >= 4 is 17.6 Å². The van der Waals surface area contributed by atoms with Crippen LogP contribution in [-0.4, -0.2) is 35.0 Å². The SMILES string of the molecule is CCCCN(CC(=O)Nc1cc(C)on1)C(=O)C1CCC1. The molecule has 6 nitrogen and oxygen atoms in total. The Bertz CT molecular complexity index is 494. The zero-order chi connectivity index (χ0) is 15.2. The largest absolute Gasteiger partial charge is 0.360 e. The molecule has 1 fully saturated rings. The van der Waals surface area contributed by atoms with Gasteiger partial charge in [0.05, 0.1) is 6.54 Å².